The van der Waals surface area contributed by atoms with Gasteiger partial charge in [-0.2, -0.15) is 0 Å². The molecule has 6 heteroatoms. The van der Waals surface area contributed by atoms with E-state index in [2.05, 4.69) is 16.6 Å². The second-order valence-corrected chi connectivity index (χ2v) is 4.92. The molecule has 2 atom stereocenters. The van der Waals surface area contributed by atoms with Gasteiger partial charge < -0.3 is 15.7 Å². The minimum Gasteiger partial charge on any atom is -0.480 e. The fraction of sp³-hybridized carbons (Fsp3) is 0.643. The van der Waals surface area contributed by atoms with Crippen molar-refractivity contribution in [3.8, 4) is 12.3 Å². The second-order valence-electron chi connectivity index (χ2n) is 4.92. The van der Waals surface area contributed by atoms with Crippen LogP contribution in [0.1, 0.15) is 40.0 Å². The zero-order valence-corrected chi connectivity index (χ0v) is 12.1. The molecule has 0 fully saturated rings. The van der Waals surface area contributed by atoms with Crippen molar-refractivity contribution in [2.45, 2.75) is 52.1 Å². The van der Waals surface area contributed by atoms with Crippen LogP contribution in [0.15, 0.2) is 0 Å². The largest absolute Gasteiger partial charge is 0.480 e. The van der Waals surface area contributed by atoms with Crippen LogP contribution in [0, 0.1) is 18.3 Å². The van der Waals surface area contributed by atoms with E-state index < -0.39 is 24.0 Å². The number of carboxylic acid groups (broad SMARTS) is 1. The summed E-state index contributed by atoms with van der Waals surface area (Å²) in [7, 11) is 0. The first kappa shape index (κ1) is 18.0. The van der Waals surface area contributed by atoms with Gasteiger partial charge in [-0.3, -0.25) is 9.59 Å². The Bertz CT molecular complexity index is 398. The molecule has 20 heavy (non-hydrogen) atoms. The quantitative estimate of drug-likeness (QED) is 0.447. The molecule has 0 spiro atoms. The first-order chi connectivity index (χ1) is 9.29. The number of carbonyl (C=O) groups is 3. The van der Waals surface area contributed by atoms with E-state index in [1.807, 2.05) is 0 Å². The Hall–Kier alpha value is -2.03. The summed E-state index contributed by atoms with van der Waals surface area (Å²) in [5, 5.41) is 14.0. The van der Waals surface area contributed by atoms with Gasteiger partial charge in [0.05, 0.1) is 0 Å². The molecule has 3 N–H and O–H groups in total. The Labute approximate surface area is 119 Å². The number of carbonyl (C=O) groups excluding carboxylic acids is 2. The maximum atomic E-state index is 12.0. The number of unbranched alkanes of at least 4 members (excludes halogenated alkanes) is 1. The molecule has 0 saturated heterocycles. The molecule has 6 nitrogen and oxygen atoms in total. The first-order valence-electron chi connectivity index (χ1n) is 6.53. The normalized spacial score (nSPS) is 13.2. The molecular formula is C14H22N2O4. The van der Waals surface area contributed by atoms with Gasteiger partial charge in [0.25, 0.3) is 0 Å². The summed E-state index contributed by atoms with van der Waals surface area (Å²) in [6.07, 6.45) is 6.33. The summed E-state index contributed by atoms with van der Waals surface area (Å²) in [5.41, 5.74) is 0. The number of hydrogen-bond acceptors (Lipinski definition) is 3. The number of nitrogens with one attached hydrogen (secondary N) is 2. The lowest BCUT2D eigenvalue weighted by Gasteiger charge is -2.23. The van der Waals surface area contributed by atoms with Gasteiger partial charge in [-0.25, -0.2) is 4.79 Å². The fourth-order valence-corrected chi connectivity index (χ4v) is 1.68. The lowest BCUT2D eigenvalue weighted by atomic mass is 10.0. The molecule has 0 aromatic carbocycles. The highest BCUT2D eigenvalue weighted by Crippen LogP contribution is 2.05. The van der Waals surface area contributed by atoms with E-state index in [0.717, 1.165) is 0 Å². The predicted molar refractivity (Wildman–Crippen MR) is 74.7 cm³/mol. The summed E-state index contributed by atoms with van der Waals surface area (Å²) in [6.45, 7) is 4.85. The highest BCUT2D eigenvalue weighted by Gasteiger charge is 2.27. The van der Waals surface area contributed by atoms with E-state index >= 15 is 0 Å². The zero-order chi connectivity index (χ0) is 15.7. The molecule has 112 valence electrons. The predicted octanol–water partition coefficient (Wildman–Crippen LogP) is 0.520. The number of amides is 2. The van der Waals surface area contributed by atoms with Crippen LogP contribution in [0.5, 0.6) is 0 Å². The Morgan fingerprint density at radius 2 is 1.85 bits per heavy atom. The van der Waals surface area contributed by atoms with Crippen molar-refractivity contribution < 1.29 is 19.5 Å². The molecule has 0 unspecified atom stereocenters. The standard InChI is InChI=1S/C14H22N2O4/c1-5-6-7-8-11(14(19)20)16-13(18)12(9(2)3)15-10(4)17/h1,9,11-12H,6-8H2,2-4H3,(H,15,17)(H,16,18)(H,19,20)/t11-,12+/m0/s1. The fourth-order valence-electron chi connectivity index (χ4n) is 1.68. The minimum atomic E-state index is -1.11. The Balaban J connectivity index is 4.66. The van der Waals surface area contributed by atoms with Gasteiger partial charge >= 0.3 is 5.97 Å². The SMILES string of the molecule is C#CCCC[C@H](NC(=O)[C@H](NC(C)=O)C(C)C)C(=O)O. The number of terminal acetylenes is 1. The van der Waals surface area contributed by atoms with Gasteiger partial charge in [0.2, 0.25) is 11.8 Å². The van der Waals surface area contributed by atoms with E-state index in [0.29, 0.717) is 12.8 Å². The highest BCUT2D eigenvalue weighted by molar-refractivity contribution is 5.90. The second kappa shape index (κ2) is 8.97. The van der Waals surface area contributed by atoms with Crippen molar-refractivity contribution in [1.82, 2.24) is 10.6 Å². The van der Waals surface area contributed by atoms with Gasteiger partial charge in [-0.05, 0) is 18.8 Å². The number of hydrogen-bond donors (Lipinski definition) is 3. The molecule has 0 aliphatic heterocycles. The molecule has 0 aliphatic rings. The van der Waals surface area contributed by atoms with E-state index in [1.165, 1.54) is 6.92 Å². The molecule has 0 bridgehead atoms. The van der Waals surface area contributed by atoms with Crippen molar-refractivity contribution in [1.29, 1.82) is 0 Å². The molecule has 0 aliphatic carbocycles. The molecule has 0 aromatic rings. The van der Waals surface area contributed by atoms with Crippen molar-refractivity contribution in [2.24, 2.45) is 5.92 Å². The Morgan fingerprint density at radius 1 is 1.25 bits per heavy atom. The van der Waals surface area contributed by atoms with Gasteiger partial charge in [0.1, 0.15) is 12.1 Å². The average Bonchev–Trinajstić information content (AvgIpc) is 2.33. The van der Waals surface area contributed by atoms with Crippen LogP contribution in [0.4, 0.5) is 0 Å². The van der Waals surface area contributed by atoms with Crippen LogP contribution in [0.3, 0.4) is 0 Å². The van der Waals surface area contributed by atoms with E-state index in [-0.39, 0.29) is 18.2 Å². The zero-order valence-electron chi connectivity index (χ0n) is 12.1. The molecule has 0 radical (unpaired) electrons. The van der Waals surface area contributed by atoms with Crippen LogP contribution in [0.25, 0.3) is 0 Å². The van der Waals surface area contributed by atoms with Crippen molar-refractivity contribution in [2.75, 3.05) is 0 Å². The topological polar surface area (TPSA) is 95.5 Å². The van der Waals surface area contributed by atoms with Crippen LogP contribution in [-0.2, 0) is 14.4 Å². The average molecular weight is 282 g/mol. The van der Waals surface area contributed by atoms with Crippen LogP contribution < -0.4 is 10.6 Å². The van der Waals surface area contributed by atoms with Crippen molar-refractivity contribution in [3.63, 3.8) is 0 Å². The maximum Gasteiger partial charge on any atom is 0.326 e. The Kier molecular flexibility index (Phi) is 8.06. The summed E-state index contributed by atoms with van der Waals surface area (Å²) in [5.74, 6) is 0.337. The van der Waals surface area contributed by atoms with Gasteiger partial charge in [-0.15, -0.1) is 12.3 Å². The monoisotopic (exact) mass is 282 g/mol. The summed E-state index contributed by atoms with van der Waals surface area (Å²) < 4.78 is 0. The molecule has 0 heterocycles. The molecule has 0 saturated carbocycles. The smallest absolute Gasteiger partial charge is 0.326 e. The number of rotatable bonds is 8. The molecule has 0 aromatic heterocycles. The summed E-state index contributed by atoms with van der Waals surface area (Å²) in [4.78, 5) is 34.2. The lowest BCUT2D eigenvalue weighted by Crippen LogP contribution is -2.53. The molecule has 0 rings (SSSR count). The first-order valence-corrected chi connectivity index (χ1v) is 6.53. The van der Waals surface area contributed by atoms with Crippen LogP contribution in [-0.4, -0.2) is 35.0 Å². The van der Waals surface area contributed by atoms with E-state index in [1.54, 1.807) is 13.8 Å². The van der Waals surface area contributed by atoms with Gasteiger partial charge in [0.15, 0.2) is 0 Å². The van der Waals surface area contributed by atoms with Gasteiger partial charge in [-0.1, -0.05) is 13.8 Å². The third-order valence-corrected chi connectivity index (χ3v) is 2.74. The molecular weight excluding hydrogens is 260 g/mol. The van der Waals surface area contributed by atoms with Crippen molar-refractivity contribution >= 4 is 17.8 Å². The lowest BCUT2D eigenvalue weighted by molar-refractivity contribution is -0.142. The Morgan fingerprint density at radius 3 is 2.25 bits per heavy atom. The highest BCUT2D eigenvalue weighted by atomic mass is 16.4. The van der Waals surface area contributed by atoms with Gasteiger partial charge in [0, 0.05) is 13.3 Å². The minimum absolute atomic E-state index is 0.140. The third-order valence-electron chi connectivity index (χ3n) is 2.74. The summed E-state index contributed by atoms with van der Waals surface area (Å²) >= 11 is 0. The number of carboxylic acids is 1. The number of aliphatic carboxylic acids is 1. The third kappa shape index (κ3) is 6.78. The van der Waals surface area contributed by atoms with Crippen LogP contribution in [0.2, 0.25) is 0 Å². The van der Waals surface area contributed by atoms with Crippen LogP contribution >= 0.6 is 0 Å². The van der Waals surface area contributed by atoms with E-state index in [9.17, 15) is 14.4 Å². The van der Waals surface area contributed by atoms with Crippen molar-refractivity contribution in [3.05, 3.63) is 0 Å². The summed E-state index contributed by atoms with van der Waals surface area (Å²) in [6, 6.07) is -1.74. The van der Waals surface area contributed by atoms with E-state index in [4.69, 9.17) is 11.5 Å². The molecule has 2 amide bonds. The maximum absolute atomic E-state index is 12.0.